The van der Waals surface area contributed by atoms with Gasteiger partial charge in [0.25, 0.3) is 0 Å². The predicted octanol–water partition coefficient (Wildman–Crippen LogP) is 2.84. The Hall–Kier alpha value is -0.840. The summed E-state index contributed by atoms with van der Waals surface area (Å²) in [5.41, 5.74) is 2.51. The van der Waals surface area contributed by atoms with E-state index in [0.717, 1.165) is 30.4 Å². The van der Waals surface area contributed by atoms with Crippen molar-refractivity contribution in [2.45, 2.75) is 19.3 Å². The van der Waals surface area contributed by atoms with Gasteiger partial charge in [-0.2, -0.15) is 0 Å². The number of amides is 1. The molecule has 110 valence electrons. The Labute approximate surface area is 134 Å². The molecule has 0 aliphatic carbocycles. The molecule has 2 rings (SSSR count). The highest BCUT2D eigenvalue weighted by molar-refractivity contribution is 9.10. The molecule has 0 aromatic heterocycles. The number of carbonyl (C=O) groups is 1. The molecule has 0 atom stereocenters. The van der Waals surface area contributed by atoms with Crippen LogP contribution in [0.25, 0.3) is 0 Å². The van der Waals surface area contributed by atoms with Gasteiger partial charge in [-0.1, -0.05) is 45.8 Å². The fourth-order valence-electron chi connectivity index (χ4n) is 2.08. The minimum atomic E-state index is 0. The van der Waals surface area contributed by atoms with Gasteiger partial charge in [-0.25, -0.2) is 0 Å². The molecule has 20 heavy (non-hydrogen) atoms. The summed E-state index contributed by atoms with van der Waals surface area (Å²) in [5, 5.41) is 6.25. The second kappa shape index (κ2) is 9.16. The molecular formula is C15H20BrClN2O. The number of rotatable bonds is 5. The van der Waals surface area contributed by atoms with E-state index < -0.39 is 0 Å². The first-order valence-electron chi connectivity index (χ1n) is 6.64. The van der Waals surface area contributed by atoms with Gasteiger partial charge in [0.05, 0.1) is 0 Å². The van der Waals surface area contributed by atoms with Crippen LogP contribution in [-0.2, 0) is 11.2 Å². The van der Waals surface area contributed by atoms with E-state index in [4.69, 9.17) is 0 Å². The topological polar surface area (TPSA) is 41.1 Å². The highest BCUT2D eigenvalue weighted by Gasteiger charge is 2.07. The first-order valence-corrected chi connectivity index (χ1v) is 7.44. The zero-order chi connectivity index (χ0) is 13.5. The molecule has 1 aromatic carbocycles. The lowest BCUT2D eigenvalue weighted by molar-refractivity contribution is -0.120. The van der Waals surface area contributed by atoms with Crippen LogP contribution < -0.4 is 10.6 Å². The third kappa shape index (κ3) is 5.65. The lowest BCUT2D eigenvalue weighted by Gasteiger charge is -2.14. The number of hydrogen-bond acceptors (Lipinski definition) is 2. The third-order valence-electron chi connectivity index (χ3n) is 3.25. The van der Waals surface area contributed by atoms with Crippen LogP contribution in [0.15, 0.2) is 40.4 Å². The molecule has 0 unspecified atom stereocenters. The summed E-state index contributed by atoms with van der Waals surface area (Å²) in [6, 6.07) is 8.04. The third-order valence-corrected chi connectivity index (χ3v) is 4.02. The van der Waals surface area contributed by atoms with Gasteiger partial charge < -0.3 is 10.6 Å². The van der Waals surface area contributed by atoms with Crippen LogP contribution >= 0.6 is 28.3 Å². The Morgan fingerprint density at radius 2 is 2.15 bits per heavy atom. The van der Waals surface area contributed by atoms with Crippen molar-refractivity contribution in [3.63, 3.8) is 0 Å². The Morgan fingerprint density at radius 3 is 2.85 bits per heavy atom. The Balaban J connectivity index is 0.00000200. The molecule has 0 radical (unpaired) electrons. The van der Waals surface area contributed by atoms with E-state index in [0.29, 0.717) is 13.0 Å². The standard InChI is InChI=1S/C15H19BrN2O.ClH/c16-14-4-2-1-3-13(14)5-6-15(19)18-11-12-7-9-17-10-8-12;/h1-4,7,17H,5-6,8-11H2,(H,18,19);1H. The summed E-state index contributed by atoms with van der Waals surface area (Å²) in [6.07, 6.45) is 4.50. The van der Waals surface area contributed by atoms with E-state index in [1.54, 1.807) is 0 Å². The van der Waals surface area contributed by atoms with Gasteiger partial charge in [-0.3, -0.25) is 4.79 Å². The molecule has 0 saturated heterocycles. The molecule has 0 bridgehead atoms. The predicted molar refractivity (Wildman–Crippen MR) is 88.3 cm³/mol. The van der Waals surface area contributed by atoms with Crippen LogP contribution in [0.3, 0.4) is 0 Å². The molecule has 0 fully saturated rings. The maximum absolute atomic E-state index is 11.8. The number of hydrogen-bond donors (Lipinski definition) is 2. The fourth-order valence-corrected chi connectivity index (χ4v) is 2.56. The Morgan fingerprint density at radius 1 is 1.35 bits per heavy atom. The number of halogens is 2. The second-order valence-corrected chi connectivity index (χ2v) is 5.54. The van der Waals surface area contributed by atoms with Gasteiger partial charge in [0.15, 0.2) is 0 Å². The SMILES string of the molecule is Cl.O=C(CCc1ccccc1Br)NCC1=CCNCC1. The van der Waals surface area contributed by atoms with E-state index in [-0.39, 0.29) is 18.3 Å². The lowest BCUT2D eigenvalue weighted by Crippen LogP contribution is -2.29. The molecule has 1 amide bonds. The van der Waals surface area contributed by atoms with Crippen molar-refractivity contribution in [2.75, 3.05) is 19.6 Å². The summed E-state index contributed by atoms with van der Waals surface area (Å²) >= 11 is 3.50. The normalized spacial score (nSPS) is 14.2. The Bertz CT molecular complexity index is 477. The van der Waals surface area contributed by atoms with Crippen molar-refractivity contribution >= 4 is 34.2 Å². The van der Waals surface area contributed by atoms with E-state index in [1.165, 1.54) is 11.1 Å². The molecule has 5 heteroatoms. The van der Waals surface area contributed by atoms with Gasteiger partial charge in [0, 0.05) is 24.0 Å². The lowest BCUT2D eigenvalue weighted by atomic mass is 10.1. The van der Waals surface area contributed by atoms with Crippen LogP contribution in [0, 0.1) is 0 Å². The van der Waals surface area contributed by atoms with Crippen molar-refractivity contribution in [3.05, 3.63) is 46.0 Å². The van der Waals surface area contributed by atoms with Crippen molar-refractivity contribution in [1.29, 1.82) is 0 Å². The number of aryl methyl sites for hydroxylation is 1. The molecule has 3 nitrogen and oxygen atoms in total. The van der Waals surface area contributed by atoms with E-state index in [2.05, 4.69) is 32.6 Å². The molecule has 2 N–H and O–H groups in total. The van der Waals surface area contributed by atoms with E-state index in [1.807, 2.05) is 24.3 Å². The molecule has 1 heterocycles. The van der Waals surface area contributed by atoms with Gasteiger partial charge in [-0.05, 0) is 31.0 Å². The van der Waals surface area contributed by atoms with Gasteiger partial charge in [-0.15, -0.1) is 12.4 Å². The molecule has 0 saturated carbocycles. The number of benzene rings is 1. The van der Waals surface area contributed by atoms with Crippen LogP contribution in [0.4, 0.5) is 0 Å². The summed E-state index contributed by atoms with van der Waals surface area (Å²) < 4.78 is 1.07. The molecule has 1 aromatic rings. The van der Waals surface area contributed by atoms with Crippen molar-refractivity contribution in [1.82, 2.24) is 10.6 Å². The van der Waals surface area contributed by atoms with Crippen LogP contribution in [0.2, 0.25) is 0 Å². The smallest absolute Gasteiger partial charge is 0.220 e. The summed E-state index contributed by atoms with van der Waals surface area (Å²) in [6.45, 7) is 2.62. The van der Waals surface area contributed by atoms with Crippen LogP contribution in [-0.4, -0.2) is 25.5 Å². The molecule has 0 spiro atoms. The second-order valence-electron chi connectivity index (χ2n) is 4.68. The molecule has 1 aliphatic rings. The van der Waals surface area contributed by atoms with Crippen LogP contribution in [0.1, 0.15) is 18.4 Å². The maximum atomic E-state index is 11.8. The summed E-state index contributed by atoms with van der Waals surface area (Å²) in [7, 11) is 0. The minimum absolute atomic E-state index is 0. The summed E-state index contributed by atoms with van der Waals surface area (Å²) in [5.74, 6) is 0.121. The molecular weight excluding hydrogens is 340 g/mol. The quantitative estimate of drug-likeness (QED) is 0.794. The van der Waals surface area contributed by atoms with Crippen molar-refractivity contribution in [2.24, 2.45) is 0 Å². The average molecular weight is 360 g/mol. The number of nitrogens with one attached hydrogen (secondary N) is 2. The Kier molecular flexibility index (Phi) is 7.88. The maximum Gasteiger partial charge on any atom is 0.220 e. The van der Waals surface area contributed by atoms with E-state index >= 15 is 0 Å². The minimum Gasteiger partial charge on any atom is -0.352 e. The highest BCUT2D eigenvalue weighted by atomic mass is 79.9. The first-order chi connectivity index (χ1) is 9.25. The van der Waals surface area contributed by atoms with Crippen molar-refractivity contribution < 1.29 is 4.79 Å². The van der Waals surface area contributed by atoms with Gasteiger partial charge >= 0.3 is 0 Å². The largest absolute Gasteiger partial charge is 0.352 e. The zero-order valence-corrected chi connectivity index (χ0v) is 13.7. The highest BCUT2D eigenvalue weighted by Crippen LogP contribution is 2.17. The van der Waals surface area contributed by atoms with E-state index in [9.17, 15) is 4.79 Å². The fraction of sp³-hybridized carbons (Fsp3) is 0.400. The average Bonchev–Trinajstić information content (AvgIpc) is 2.45. The monoisotopic (exact) mass is 358 g/mol. The number of carbonyl (C=O) groups excluding carboxylic acids is 1. The first kappa shape index (κ1) is 17.2. The zero-order valence-electron chi connectivity index (χ0n) is 11.3. The van der Waals surface area contributed by atoms with Gasteiger partial charge in [0.1, 0.15) is 0 Å². The van der Waals surface area contributed by atoms with Crippen molar-refractivity contribution in [3.8, 4) is 0 Å². The van der Waals surface area contributed by atoms with Gasteiger partial charge in [0.2, 0.25) is 5.91 Å². The van der Waals surface area contributed by atoms with Crippen LogP contribution in [0.5, 0.6) is 0 Å². The summed E-state index contributed by atoms with van der Waals surface area (Å²) in [4.78, 5) is 11.8. The molecule has 1 aliphatic heterocycles.